The van der Waals surface area contributed by atoms with Crippen molar-refractivity contribution in [3.05, 3.63) is 47.7 Å². The van der Waals surface area contributed by atoms with Crippen LogP contribution in [0.1, 0.15) is 44.4 Å². The van der Waals surface area contributed by atoms with Crippen LogP contribution in [0.4, 0.5) is 11.5 Å². The summed E-state index contributed by atoms with van der Waals surface area (Å²) in [5.74, 6) is 1.80. The van der Waals surface area contributed by atoms with Crippen LogP contribution in [0.25, 0.3) is 10.8 Å². The zero-order valence-electron chi connectivity index (χ0n) is 23.7. The smallest absolute Gasteiger partial charge is 0.318 e. The second-order valence-corrected chi connectivity index (χ2v) is 10.9. The number of hydrogen-bond donors (Lipinski definition) is 1. The molecule has 1 N–H and O–H groups in total. The van der Waals surface area contributed by atoms with Gasteiger partial charge < -0.3 is 29.3 Å². The Morgan fingerprint density at radius 1 is 1.08 bits per heavy atom. The average molecular weight is 534 g/mol. The van der Waals surface area contributed by atoms with Gasteiger partial charge in [-0.15, -0.1) is 0 Å². The highest BCUT2D eigenvalue weighted by atomic mass is 16.5. The van der Waals surface area contributed by atoms with Crippen LogP contribution in [-0.2, 0) is 17.7 Å². The van der Waals surface area contributed by atoms with Gasteiger partial charge in [0.05, 0.1) is 25.5 Å². The predicted molar refractivity (Wildman–Crippen MR) is 157 cm³/mol. The molecule has 3 heterocycles. The summed E-state index contributed by atoms with van der Waals surface area (Å²) in [5, 5.41) is 12.6. The molecule has 8 heteroatoms. The van der Waals surface area contributed by atoms with E-state index in [-0.39, 0.29) is 5.75 Å². The fraction of sp³-hybridized carbons (Fsp3) is 0.548. The molecule has 2 aliphatic heterocycles. The van der Waals surface area contributed by atoms with E-state index in [4.69, 9.17) is 19.4 Å². The van der Waals surface area contributed by atoms with Crippen LogP contribution in [0.3, 0.4) is 0 Å². The number of nitrogens with zero attached hydrogens (tertiary/aromatic N) is 5. The molecule has 0 radical (unpaired) electrons. The number of hydrogen-bond acceptors (Lipinski definition) is 8. The zero-order valence-corrected chi connectivity index (χ0v) is 23.7. The van der Waals surface area contributed by atoms with Gasteiger partial charge in [0.1, 0.15) is 11.6 Å². The van der Waals surface area contributed by atoms with E-state index in [9.17, 15) is 5.11 Å². The average Bonchev–Trinajstić information content (AvgIpc) is 3.41. The molecular formula is C31H43N5O3. The molecule has 1 aromatic heterocycles. The van der Waals surface area contributed by atoms with Crippen molar-refractivity contribution < 1.29 is 14.6 Å². The lowest BCUT2D eigenvalue weighted by molar-refractivity contribution is 0.155. The van der Waals surface area contributed by atoms with Crippen LogP contribution in [0.15, 0.2) is 36.4 Å². The number of aromatic hydroxyl groups is 1. The molecule has 0 aliphatic carbocycles. The Morgan fingerprint density at radius 3 is 2.69 bits per heavy atom. The third-order valence-electron chi connectivity index (χ3n) is 7.90. The van der Waals surface area contributed by atoms with E-state index >= 15 is 0 Å². The Hall–Kier alpha value is -3.10. The van der Waals surface area contributed by atoms with Gasteiger partial charge in [-0.3, -0.25) is 0 Å². The maximum Gasteiger partial charge on any atom is 0.318 e. The van der Waals surface area contributed by atoms with Crippen LogP contribution < -0.4 is 14.5 Å². The van der Waals surface area contributed by atoms with E-state index in [2.05, 4.69) is 46.7 Å². The minimum Gasteiger partial charge on any atom is -0.508 e. The molecule has 5 rings (SSSR count). The minimum atomic E-state index is 0.287. The number of benzene rings is 2. The van der Waals surface area contributed by atoms with Gasteiger partial charge in [0.25, 0.3) is 0 Å². The van der Waals surface area contributed by atoms with Crippen LogP contribution >= 0.6 is 0 Å². The van der Waals surface area contributed by atoms with E-state index < -0.39 is 0 Å². The molecule has 1 fully saturated rings. The lowest BCUT2D eigenvalue weighted by Crippen LogP contribution is -2.35. The first-order valence-corrected chi connectivity index (χ1v) is 14.5. The van der Waals surface area contributed by atoms with Crippen molar-refractivity contribution >= 4 is 22.3 Å². The molecular weight excluding hydrogens is 490 g/mol. The SMILES string of the molecule is CCCN(CCC)c1nc(OCC2CCN(CCOC)C2)nc2c1CCN(c1cc(O)cc3ccccc13)C2. The number of anilines is 2. The standard InChI is InChI=1S/C31H43N5O3/c1-4-12-35(13-5-2)30-27-11-15-36(29-19-25(37)18-24-8-6-7-9-26(24)29)21-28(27)32-31(33-30)39-22-23-10-14-34(20-23)16-17-38-3/h6-9,18-19,23,37H,4-5,10-17,20-22H2,1-3H3. The lowest BCUT2D eigenvalue weighted by Gasteiger charge is -2.34. The first-order valence-electron chi connectivity index (χ1n) is 14.5. The number of phenolic OH excluding ortho intramolecular Hbond substituents is 1. The van der Waals surface area contributed by atoms with Crippen LogP contribution in [0, 0.1) is 5.92 Å². The van der Waals surface area contributed by atoms with Gasteiger partial charge in [-0.1, -0.05) is 38.1 Å². The third kappa shape index (κ3) is 6.39. The fourth-order valence-electron chi connectivity index (χ4n) is 5.99. The Kier molecular flexibility index (Phi) is 9.04. The summed E-state index contributed by atoms with van der Waals surface area (Å²) >= 11 is 0. The van der Waals surface area contributed by atoms with Crippen molar-refractivity contribution in [2.45, 2.75) is 46.1 Å². The van der Waals surface area contributed by atoms with Gasteiger partial charge in [-0.2, -0.15) is 9.97 Å². The van der Waals surface area contributed by atoms with Gasteiger partial charge in [0.15, 0.2) is 0 Å². The van der Waals surface area contributed by atoms with E-state index in [0.29, 0.717) is 25.1 Å². The van der Waals surface area contributed by atoms with Gasteiger partial charge in [0, 0.05) is 68.5 Å². The summed E-state index contributed by atoms with van der Waals surface area (Å²) in [6.45, 7) is 12.4. The molecule has 1 saturated heterocycles. The van der Waals surface area contributed by atoms with Gasteiger partial charge in [-0.25, -0.2) is 0 Å². The molecule has 0 saturated carbocycles. The summed E-state index contributed by atoms with van der Waals surface area (Å²) in [6.07, 6.45) is 4.11. The highest BCUT2D eigenvalue weighted by Gasteiger charge is 2.28. The molecule has 0 amide bonds. The number of methoxy groups -OCH3 is 1. The molecule has 0 bridgehead atoms. The van der Waals surface area contributed by atoms with Crippen molar-refractivity contribution in [3.63, 3.8) is 0 Å². The van der Waals surface area contributed by atoms with Crippen molar-refractivity contribution in [1.82, 2.24) is 14.9 Å². The van der Waals surface area contributed by atoms with Crippen LogP contribution in [-0.4, -0.2) is 79.6 Å². The molecule has 2 aromatic carbocycles. The van der Waals surface area contributed by atoms with E-state index in [1.807, 2.05) is 18.2 Å². The van der Waals surface area contributed by atoms with Gasteiger partial charge in [-0.05, 0) is 43.7 Å². The molecule has 2 aliphatic rings. The first-order chi connectivity index (χ1) is 19.1. The molecule has 1 atom stereocenters. The topological polar surface area (TPSA) is 74.2 Å². The van der Waals surface area contributed by atoms with Crippen LogP contribution in [0.5, 0.6) is 11.8 Å². The quantitative estimate of drug-likeness (QED) is 0.354. The lowest BCUT2D eigenvalue weighted by atomic mass is 10.0. The highest BCUT2D eigenvalue weighted by Crippen LogP contribution is 2.36. The summed E-state index contributed by atoms with van der Waals surface area (Å²) in [6, 6.07) is 12.4. The third-order valence-corrected chi connectivity index (χ3v) is 7.90. The van der Waals surface area contributed by atoms with Crippen molar-refractivity contribution in [2.75, 3.05) is 69.4 Å². The summed E-state index contributed by atoms with van der Waals surface area (Å²) in [5.41, 5.74) is 3.30. The number of aromatic nitrogens is 2. The maximum absolute atomic E-state index is 10.5. The Morgan fingerprint density at radius 2 is 1.90 bits per heavy atom. The molecule has 0 spiro atoms. The summed E-state index contributed by atoms with van der Waals surface area (Å²) in [4.78, 5) is 17.2. The van der Waals surface area contributed by atoms with Crippen molar-refractivity contribution in [1.29, 1.82) is 0 Å². The minimum absolute atomic E-state index is 0.287. The summed E-state index contributed by atoms with van der Waals surface area (Å²) < 4.78 is 11.6. The second-order valence-electron chi connectivity index (χ2n) is 10.9. The largest absolute Gasteiger partial charge is 0.508 e. The van der Waals surface area contributed by atoms with Crippen molar-refractivity contribution in [2.24, 2.45) is 5.92 Å². The molecule has 3 aromatic rings. The highest BCUT2D eigenvalue weighted by molar-refractivity contribution is 5.95. The number of rotatable bonds is 12. The number of fused-ring (bicyclic) bond motifs is 2. The van der Waals surface area contributed by atoms with E-state index in [1.165, 1.54) is 5.56 Å². The molecule has 1 unspecified atom stereocenters. The number of phenols is 1. The monoisotopic (exact) mass is 533 g/mol. The molecule has 8 nitrogen and oxygen atoms in total. The van der Waals surface area contributed by atoms with E-state index in [1.54, 1.807) is 7.11 Å². The summed E-state index contributed by atoms with van der Waals surface area (Å²) in [7, 11) is 1.76. The number of ether oxygens (including phenoxy) is 2. The fourth-order valence-corrected chi connectivity index (χ4v) is 5.99. The first kappa shape index (κ1) is 27.5. The Labute approximate surface area is 232 Å². The zero-order chi connectivity index (χ0) is 27.2. The predicted octanol–water partition coefficient (Wildman–Crippen LogP) is 4.87. The molecule has 210 valence electrons. The van der Waals surface area contributed by atoms with Gasteiger partial charge in [0.2, 0.25) is 0 Å². The van der Waals surface area contributed by atoms with E-state index in [0.717, 1.165) is 99.5 Å². The molecule has 39 heavy (non-hydrogen) atoms. The normalized spacial score (nSPS) is 17.5. The maximum atomic E-state index is 10.5. The van der Waals surface area contributed by atoms with Crippen molar-refractivity contribution in [3.8, 4) is 11.8 Å². The van der Waals surface area contributed by atoms with Gasteiger partial charge >= 0.3 is 6.01 Å². The Bertz CT molecular complexity index is 1250. The Balaban J connectivity index is 1.42. The number of likely N-dealkylation sites (tertiary alicyclic amines) is 1. The second kappa shape index (κ2) is 12.8. The van der Waals surface area contributed by atoms with Crippen LogP contribution in [0.2, 0.25) is 0 Å².